The fraction of sp³-hybridized carbons (Fsp3) is 0.276. The number of rotatable bonds is 8. The van der Waals surface area contributed by atoms with Crippen LogP contribution >= 0.6 is 11.3 Å². The third-order valence-corrected chi connectivity index (χ3v) is 7.79. The number of carbonyl (C=O) groups is 2. The lowest BCUT2D eigenvalue weighted by atomic mass is 9.89. The van der Waals surface area contributed by atoms with Crippen molar-refractivity contribution in [2.75, 3.05) is 25.4 Å². The Morgan fingerprint density at radius 3 is 2.39 bits per heavy atom. The van der Waals surface area contributed by atoms with Crippen LogP contribution in [0.1, 0.15) is 39.1 Å². The number of Topliss-reactive ketones (excluding diaryl/α,β-unsaturated/α-hetero) is 1. The molecule has 0 aliphatic carbocycles. The fourth-order valence-electron chi connectivity index (χ4n) is 4.97. The van der Waals surface area contributed by atoms with Gasteiger partial charge in [-0.3, -0.25) is 14.5 Å². The number of nitrogens with two attached hydrogens (primary N) is 1. The number of nitrogens with one attached hydrogen (secondary N) is 1. The molecule has 1 amide bonds. The Labute approximate surface area is 215 Å². The number of amides is 1. The summed E-state index contributed by atoms with van der Waals surface area (Å²) in [6.45, 7) is 1.91. The number of hydrogen-bond acceptors (Lipinski definition) is 6. The van der Waals surface area contributed by atoms with Crippen LogP contribution in [0, 0.1) is 5.92 Å². The second-order valence-corrected chi connectivity index (χ2v) is 10.4. The second kappa shape index (κ2) is 11.0. The Hall–Kier alpha value is -3.55. The molecule has 0 spiro atoms. The van der Waals surface area contributed by atoms with Crippen LogP contribution in [0.25, 0.3) is 10.2 Å². The average molecular weight is 499 g/mol. The summed E-state index contributed by atoms with van der Waals surface area (Å²) in [4.78, 5) is 33.1. The van der Waals surface area contributed by atoms with E-state index >= 15 is 0 Å². The van der Waals surface area contributed by atoms with Crippen LogP contribution in [0.15, 0.2) is 78.9 Å². The number of benzene rings is 3. The molecule has 2 heterocycles. The van der Waals surface area contributed by atoms with Crippen molar-refractivity contribution < 1.29 is 9.59 Å². The first-order valence-corrected chi connectivity index (χ1v) is 13.2. The highest BCUT2D eigenvalue weighted by Gasteiger charge is 2.31. The minimum Gasteiger partial charge on any atom is -0.375 e. The van der Waals surface area contributed by atoms with Crippen LogP contribution in [0.4, 0.5) is 5.13 Å². The SMILES string of the molecule is Nc1nc2ccc(C(=O)C(CNC(=O)c3ccccc3)N3CCC(Cc4ccccc4)CC3)cc2s1. The number of ketones is 1. The minimum atomic E-state index is -0.432. The number of carbonyl (C=O) groups excluding carboxylic acids is 2. The van der Waals surface area contributed by atoms with E-state index in [1.54, 1.807) is 12.1 Å². The summed E-state index contributed by atoms with van der Waals surface area (Å²) in [6.07, 6.45) is 3.10. The smallest absolute Gasteiger partial charge is 0.251 e. The number of hydrogen-bond donors (Lipinski definition) is 2. The summed E-state index contributed by atoms with van der Waals surface area (Å²) in [7, 11) is 0. The van der Waals surface area contributed by atoms with Crippen molar-refractivity contribution in [3.05, 3.63) is 95.6 Å². The molecule has 4 aromatic rings. The van der Waals surface area contributed by atoms with E-state index in [2.05, 4.69) is 39.5 Å². The first kappa shape index (κ1) is 24.2. The fourth-order valence-corrected chi connectivity index (χ4v) is 5.75. The molecule has 184 valence electrons. The van der Waals surface area contributed by atoms with Crippen molar-refractivity contribution >= 4 is 38.4 Å². The maximum absolute atomic E-state index is 13.8. The molecule has 1 aromatic heterocycles. The maximum atomic E-state index is 13.8. The molecule has 1 fully saturated rings. The lowest BCUT2D eigenvalue weighted by molar-refractivity contribution is 0.0725. The minimum absolute atomic E-state index is 0.0127. The van der Waals surface area contributed by atoms with Crippen molar-refractivity contribution in [1.82, 2.24) is 15.2 Å². The third-order valence-electron chi connectivity index (χ3n) is 6.94. The molecule has 0 radical (unpaired) electrons. The van der Waals surface area contributed by atoms with Crippen molar-refractivity contribution in [3.8, 4) is 0 Å². The van der Waals surface area contributed by atoms with E-state index in [0.717, 1.165) is 42.6 Å². The highest BCUT2D eigenvalue weighted by molar-refractivity contribution is 7.22. The van der Waals surface area contributed by atoms with E-state index in [-0.39, 0.29) is 18.2 Å². The van der Waals surface area contributed by atoms with E-state index in [0.29, 0.717) is 22.2 Å². The first-order valence-electron chi connectivity index (χ1n) is 12.4. The molecule has 3 aromatic carbocycles. The van der Waals surface area contributed by atoms with Crippen LogP contribution in [0.3, 0.4) is 0 Å². The standard InChI is InChI=1S/C29H30N4O2S/c30-29-32-24-12-11-23(18-26(24)36-29)27(34)25(19-31-28(35)22-9-5-2-6-10-22)33-15-13-21(14-16-33)17-20-7-3-1-4-8-20/h1-12,18,21,25H,13-17,19H2,(H2,30,32)(H,31,35). The Balaban J connectivity index is 1.31. The summed E-state index contributed by atoms with van der Waals surface area (Å²) in [5, 5.41) is 3.50. The van der Waals surface area contributed by atoms with Crippen LogP contribution < -0.4 is 11.1 Å². The Morgan fingerprint density at radius 2 is 1.67 bits per heavy atom. The monoisotopic (exact) mass is 498 g/mol. The largest absolute Gasteiger partial charge is 0.375 e. The first-order chi connectivity index (χ1) is 17.6. The molecule has 1 aliphatic rings. The topological polar surface area (TPSA) is 88.3 Å². The van der Waals surface area contributed by atoms with Gasteiger partial charge in [0.05, 0.1) is 16.3 Å². The molecule has 36 heavy (non-hydrogen) atoms. The highest BCUT2D eigenvalue weighted by Crippen LogP contribution is 2.27. The van der Waals surface area contributed by atoms with Gasteiger partial charge in [-0.15, -0.1) is 0 Å². The van der Waals surface area contributed by atoms with Gasteiger partial charge in [0.1, 0.15) is 0 Å². The highest BCUT2D eigenvalue weighted by atomic mass is 32.1. The van der Waals surface area contributed by atoms with Crippen LogP contribution in [-0.4, -0.2) is 47.3 Å². The zero-order chi connectivity index (χ0) is 24.9. The van der Waals surface area contributed by atoms with Gasteiger partial charge in [0.2, 0.25) is 0 Å². The van der Waals surface area contributed by atoms with E-state index in [4.69, 9.17) is 5.73 Å². The van der Waals surface area contributed by atoms with Gasteiger partial charge < -0.3 is 11.1 Å². The van der Waals surface area contributed by atoms with Gasteiger partial charge in [-0.05, 0) is 74.2 Å². The lowest BCUT2D eigenvalue weighted by Crippen LogP contribution is -2.51. The van der Waals surface area contributed by atoms with Crippen molar-refractivity contribution in [1.29, 1.82) is 0 Å². The molecule has 0 saturated carbocycles. The summed E-state index contributed by atoms with van der Waals surface area (Å²) < 4.78 is 0.895. The predicted molar refractivity (Wildman–Crippen MR) is 145 cm³/mol. The van der Waals surface area contributed by atoms with E-state index < -0.39 is 6.04 Å². The number of nitrogens with zero attached hydrogens (tertiary/aromatic N) is 2. The van der Waals surface area contributed by atoms with Gasteiger partial charge in [0, 0.05) is 17.7 Å². The Kier molecular flexibility index (Phi) is 7.39. The number of aromatic nitrogens is 1. The van der Waals surface area contributed by atoms with Crippen molar-refractivity contribution in [2.45, 2.75) is 25.3 Å². The van der Waals surface area contributed by atoms with Gasteiger partial charge in [0.25, 0.3) is 5.91 Å². The van der Waals surface area contributed by atoms with Gasteiger partial charge in [-0.25, -0.2) is 4.98 Å². The molecule has 6 nitrogen and oxygen atoms in total. The maximum Gasteiger partial charge on any atom is 0.251 e. The summed E-state index contributed by atoms with van der Waals surface area (Å²) in [5.74, 6) is 0.437. The van der Waals surface area contributed by atoms with Crippen LogP contribution in [-0.2, 0) is 6.42 Å². The summed E-state index contributed by atoms with van der Waals surface area (Å²) in [6, 6.07) is 24.8. The average Bonchev–Trinajstić information content (AvgIpc) is 3.29. The second-order valence-electron chi connectivity index (χ2n) is 9.36. The summed E-state index contributed by atoms with van der Waals surface area (Å²) in [5.41, 5.74) is 9.23. The molecule has 1 unspecified atom stereocenters. The quantitative estimate of drug-likeness (QED) is 0.340. The number of likely N-dealkylation sites (tertiary alicyclic amines) is 1. The van der Waals surface area contributed by atoms with Crippen molar-refractivity contribution in [3.63, 3.8) is 0 Å². The van der Waals surface area contributed by atoms with Gasteiger partial charge in [0.15, 0.2) is 10.9 Å². The number of fused-ring (bicyclic) bond motifs is 1. The number of nitrogen functional groups attached to an aromatic ring is 1. The van der Waals surface area contributed by atoms with Crippen LogP contribution in [0.5, 0.6) is 0 Å². The number of thiazole rings is 1. The van der Waals surface area contributed by atoms with Gasteiger partial charge in [-0.2, -0.15) is 0 Å². The Morgan fingerprint density at radius 1 is 0.972 bits per heavy atom. The molecule has 7 heteroatoms. The molecule has 3 N–H and O–H groups in total. The molecule has 1 atom stereocenters. The molecular formula is C29H30N4O2S. The van der Waals surface area contributed by atoms with Gasteiger partial charge in [-0.1, -0.05) is 59.9 Å². The van der Waals surface area contributed by atoms with E-state index in [1.165, 1.54) is 16.9 Å². The number of piperidine rings is 1. The van der Waals surface area contributed by atoms with Crippen molar-refractivity contribution in [2.24, 2.45) is 5.92 Å². The predicted octanol–water partition coefficient (Wildman–Crippen LogP) is 4.81. The Bertz CT molecular complexity index is 1330. The van der Waals surface area contributed by atoms with Crippen LogP contribution in [0.2, 0.25) is 0 Å². The zero-order valence-electron chi connectivity index (χ0n) is 20.1. The molecule has 1 saturated heterocycles. The lowest BCUT2D eigenvalue weighted by Gasteiger charge is -2.37. The van der Waals surface area contributed by atoms with E-state index in [9.17, 15) is 9.59 Å². The normalized spacial score (nSPS) is 15.6. The van der Waals surface area contributed by atoms with Gasteiger partial charge >= 0.3 is 0 Å². The molecule has 0 bridgehead atoms. The summed E-state index contributed by atoms with van der Waals surface area (Å²) >= 11 is 1.38. The molecule has 1 aliphatic heterocycles. The molecular weight excluding hydrogens is 468 g/mol. The number of anilines is 1. The zero-order valence-corrected chi connectivity index (χ0v) is 20.9. The van der Waals surface area contributed by atoms with E-state index in [1.807, 2.05) is 42.5 Å². The molecule has 5 rings (SSSR count). The third kappa shape index (κ3) is 5.64.